The lowest BCUT2D eigenvalue weighted by atomic mass is 10.1. The van der Waals surface area contributed by atoms with Gasteiger partial charge in [-0.2, -0.15) is 0 Å². The first kappa shape index (κ1) is 17.0. The van der Waals surface area contributed by atoms with Crippen molar-refractivity contribution in [1.82, 2.24) is 20.1 Å². The third kappa shape index (κ3) is 4.15. The second kappa shape index (κ2) is 6.93. The molecule has 0 spiro atoms. The molecule has 0 bridgehead atoms. The number of ether oxygens (including phenoxy) is 1. The van der Waals surface area contributed by atoms with Crippen molar-refractivity contribution in [2.24, 2.45) is 0 Å². The molecule has 1 N–H and O–H groups in total. The van der Waals surface area contributed by atoms with Gasteiger partial charge in [-0.25, -0.2) is 0 Å². The van der Waals surface area contributed by atoms with Gasteiger partial charge in [0, 0.05) is 19.0 Å². The molecule has 0 aliphatic carbocycles. The molecule has 1 aliphatic rings. The number of aromatic nitrogens is 3. The third-order valence-corrected chi connectivity index (χ3v) is 4.31. The fourth-order valence-corrected chi connectivity index (χ4v) is 3.04. The van der Waals surface area contributed by atoms with Crippen molar-refractivity contribution in [1.29, 1.82) is 0 Å². The highest BCUT2D eigenvalue weighted by Crippen LogP contribution is 2.22. The van der Waals surface area contributed by atoms with Gasteiger partial charge in [0.1, 0.15) is 23.0 Å². The first-order valence-electron chi connectivity index (χ1n) is 8.86. The lowest BCUT2D eigenvalue weighted by Crippen LogP contribution is -2.23. The Bertz CT molecular complexity index is 670. The number of nitrogens with one attached hydrogen (secondary N) is 1. The Labute approximate surface area is 144 Å². The van der Waals surface area contributed by atoms with Gasteiger partial charge >= 0.3 is 0 Å². The quantitative estimate of drug-likeness (QED) is 0.910. The van der Waals surface area contributed by atoms with E-state index in [9.17, 15) is 0 Å². The molecule has 130 valence electrons. The van der Waals surface area contributed by atoms with Crippen LogP contribution in [0, 0.1) is 0 Å². The van der Waals surface area contributed by atoms with Gasteiger partial charge in [-0.3, -0.25) is 0 Å². The lowest BCUT2D eigenvalue weighted by Gasteiger charge is -2.22. The Morgan fingerprint density at radius 1 is 1.17 bits per heavy atom. The van der Waals surface area contributed by atoms with Crippen LogP contribution < -0.4 is 10.1 Å². The van der Waals surface area contributed by atoms with Crippen molar-refractivity contribution in [3.8, 4) is 5.75 Å². The van der Waals surface area contributed by atoms with Crippen LogP contribution in [0.2, 0.25) is 0 Å². The van der Waals surface area contributed by atoms with E-state index in [2.05, 4.69) is 59.9 Å². The Hall–Kier alpha value is -1.88. The average molecular weight is 328 g/mol. The van der Waals surface area contributed by atoms with Crippen molar-refractivity contribution in [2.75, 3.05) is 0 Å². The van der Waals surface area contributed by atoms with Gasteiger partial charge in [0.05, 0.1) is 6.54 Å². The smallest absolute Gasteiger partial charge is 0.147 e. The van der Waals surface area contributed by atoms with Gasteiger partial charge in [-0.05, 0) is 58.2 Å². The second-order valence-corrected chi connectivity index (χ2v) is 7.53. The molecule has 0 fully saturated rings. The van der Waals surface area contributed by atoms with Crippen molar-refractivity contribution in [3.05, 3.63) is 41.5 Å². The van der Waals surface area contributed by atoms with E-state index >= 15 is 0 Å². The maximum atomic E-state index is 5.88. The maximum absolute atomic E-state index is 5.88. The zero-order valence-corrected chi connectivity index (χ0v) is 15.2. The summed E-state index contributed by atoms with van der Waals surface area (Å²) >= 11 is 0. The lowest BCUT2D eigenvalue weighted by molar-refractivity contribution is 0.131. The molecule has 0 saturated heterocycles. The van der Waals surface area contributed by atoms with Crippen molar-refractivity contribution in [3.63, 3.8) is 0 Å². The van der Waals surface area contributed by atoms with Crippen LogP contribution >= 0.6 is 0 Å². The fraction of sp³-hybridized carbons (Fsp3) is 0.579. The van der Waals surface area contributed by atoms with Crippen molar-refractivity contribution < 1.29 is 4.74 Å². The summed E-state index contributed by atoms with van der Waals surface area (Å²) in [7, 11) is 0. The van der Waals surface area contributed by atoms with Crippen LogP contribution in [0.25, 0.3) is 0 Å². The van der Waals surface area contributed by atoms with Gasteiger partial charge < -0.3 is 14.6 Å². The molecule has 1 aliphatic heterocycles. The van der Waals surface area contributed by atoms with E-state index in [0.717, 1.165) is 36.9 Å². The molecule has 24 heavy (non-hydrogen) atoms. The van der Waals surface area contributed by atoms with Gasteiger partial charge in [-0.15, -0.1) is 10.2 Å². The van der Waals surface area contributed by atoms with E-state index < -0.39 is 0 Å². The Kier molecular flexibility index (Phi) is 4.90. The molecular weight excluding hydrogens is 300 g/mol. The minimum absolute atomic E-state index is 0.169. The number of fused-ring (bicyclic) bond motifs is 1. The highest BCUT2D eigenvalue weighted by atomic mass is 16.5. The summed E-state index contributed by atoms with van der Waals surface area (Å²) in [5.74, 6) is 3.09. The molecule has 1 aromatic carbocycles. The van der Waals surface area contributed by atoms with Crippen LogP contribution in [0.15, 0.2) is 24.3 Å². The molecule has 5 nitrogen and oxygen atoms in total. The van der Waals surface area contributed by atoms with Crippen LogP contribution in [-0.4, -0.2) is 20.4 Å². The molecule has 2 heterocycles. The number of hydrogen-bond donors (Lipinski definition) is 1. The van der Waals surface area contributed by atoms with Gasteiger partial charge in [0.2, 0.25) is 0 Å². The highest BCUT2D eigenvalue weighted by Gasteiger charge is 2.16. The molecular formula is C19H28N4O. The molecule has 1 aromatic heterocycles. The van der Waals surface area contributed by atoms with Crippen LogP contribution in [0.4, 0.5) is 0 Å². The first-order valence-corrected chi connectivity index (χ1v) is 8.86. The average Bonchev–Trinajstić information content (AvgIpc) is 2.95. The van der Waals surface area contributed by atoms with Crippen LogP contribution in [0.1, 0.15) is 63.8 Å². The number of benzene rings is 1. The Morgan fingerprint density at radius 3 is 2.62 bits per heavy atom. The highest BCUT2D eigenvalue weighted by molar-refractivity contribution is 5.29. The topological polar surface area (TPSA) is 52.0 Å². The van der Waals surface area contributed by atoms with Crippen LogP contribution in [0.5, 0.6) is 5.75 Å². The van der Waals surface area contributed by atoms with Gasteiger partial charge in [-0.1, -0.05) is 12.1 Å². The monoisotopic (exact) mass is 328 g/mol. The first-order chi connectivity index (χ1) is 11.4. The number of nitrogens with zero attached hydrogens (tertiary/aromatic N) is 3. The van der Waals surface area contributed by atoms with E-state index in [1.54, 1.807) is 0 Å². The summed E-state index contributed by atoms with van der Waals surface area (Å²) in [5, 5.41) is 12.2. The van der Waals surface area contributed by atoms with Crippen molar-refractivity contribution in [2.45, 2.75) is 71.7 Å². The molecule has 0 unspecified atom stereocenters. The van der Waals surface area contributed by atoms with E-state index in [0.29, 0.717) is 0 Å². The summed E-state index contributed by atoms with van der Waals surface area (Å²) < 4.78 is 8.14. The van der Waals surface area contributed by atoms with E-state index in [-0.39, 0.29) is 11.6 Å². The third-order valence-electron chi connectivity index (χ3n) is 4.31. The molecule has 2 aromatic rings. The molecule has 5 heteroatoms. The summed E-state index contributed by atoms with van der Waals surface area (Å²) in [6.07, 6.45) is 3.51. The minimum Gasteiger partial charge on any atom is -0.488 e. The van der Waals surface area contributed by atoms with E-state index in [1.807, 2.05) is 12.1 Å². The van der Waals surface area contributed by atoms with Gasteiger partial charge in [0.15, 0.2) is 0 Å². The second-order valence-electron chi connectivity index (χ2n) is 7.53. The van der Waals surface area contributed by atoms with Crippen LogP contribution in [0.3, 0.4) is 0 Å². The zero-order chi connectivity index (χ0) is 17.2. The normalized spacial score (nSPS) is 15.8. The molecule has 0 saturated carbocycles. The molecule has 3 rings (SSSR count). The summed E-state index contributed by atoms with van der Waals surface area (Å²) in [6.45, 7) is 10.1. The van der Waals surface area contributed by atoms with Crippen molar-refractivity contribution >= 4 is 0 Å². The SMILES string of the molecule is C[C@H](NCc1nnc2n1CCCC2)c1ccc(OC(C)(C)C)cc1. The molecule has 1 atom stereocenters. The predicted octanol–water partition coefficient (Wildman–Crippen LogP) is 3.64. The predicted molar refractivity (Wildman–Crippen MR) is 95.0 cm³/mol. The fourth-order valence-electron chi connectivity index (χ4n) is 3.04. The van der Waals surface area contributed by atoms with Gasteiger partial charge in [0.25, 0.3) is 0 Å². The van der Waals surface area contributed by atoms with E-state index in [4.69, 9.17) is 4.74 Å². The molecule has 0 amide bonds. The summed E-state index contributed by atoms with van der Waals surface area (Å²) in [4.78, 5) is 0. The summed E-state index contributed by atoms with van der Waals surface area (Å²) in [5.41, 5.74) is 1.08. The number of rotatable bonds is 5. The zero-order valence-electron chi connectivity index (χ0n) is 15.2. The van der Waals surface area contributed by atoms with Crippen LogP contribution in [-0.2, 0) is 19.5 Å². The largest absolute Gasteiger partial charge is 0.488 e. The maximum Gasteiger partial charge on any atom is 0.147 e. The Balaban J connectivity index is 1.59. The molecule has 0 radical (unpaired) electrons. The summed E-state index contributed by atoms with van der Waals surface area (Å²) in [6, 6.07) is 8.58. The minimum atomic E-state index is -0.169. The standard InChI is InChI=1S/C19H28N4O/c1-14(15-8-10-16(11-9-15)24-19(2,3)4)20-13-18-22-21-17-7-5-6-12-23(17)18/h8-11,14,20H,5-7,12-13H2,1-4H3/t14-/m0/s1. The Morgan fingerprint density at radius 2 is 1.92 bits per heavy atom. The number of aryl methyl sites for hydroxylation is 1. The number of hydrogen-bond acceptors (Lipinski definition) is 4. The van der Waals surface area contributed by atoms with E-state index in [1.165, 1.54) is 18.4 Å².